The first-order valence-corrected chi connectivity index (χ1v) is 8.37. The summed E-state index contributed by atoms with van der Waals surface area (Å²) in [5, 5.41) is 14.3. The summed E-state index contributed by atoms with van der Waals surface area (Å²) in [7, 11) is -2.48. The van der Waals surface area contributed by atoms with Crippen LogP contribution >= 0.6 is 0 Å². The lowest BCUT2D eigenvalue weighted by Gasteiger charge is -2.16. The molecule has 2 N–H and O–H groups in total. The van der Waals surface area contributed by atoms with Gasteiger partial charge in [0.2, 0.25) is 10.0 Å². The maximum absolute atomic E-state index is 11.8. The summed E-state index contributed by atoms with van der Waals surface area (Å²) < 4.78 is 25.7. The van der Waals surface area contributed by atoms with Crippen LogP contribution in [0.4, 0.5) is 11.4 Å². The fourth-order valence-corrected chi connectivity index (χ4v) is 2.88. The van der Waals surface area contributed by atoms with E-state index in [4.69, 9.17) is 0 Å². The molecule has 2 aromatic carbocycles. The largest absolute Gasteiger partial charge is 0.373 e. The van der Waals surface area contributed by atoms with Crippen LogP contribution in [0.3, 0.4) is 0 Å². The van der Waals surface area contributed by atoms with E-state index in [1.54, 1.807) is 0 Å². The van der Waals surface area contributed by atoms with E-state index in [0.717, 1.165) is 11.6 Å². The minimum absolute atomic E-state index is 0.149. The molecule has 122 valence electrons. The average molecular weight is 335 g/mol. The standard InChI is InChI=1S/C15H17N3O4S/c1-11(12-6-4-3-5-7-12)17-14-9-8-13(23(21,22)16-2)10-15(14)18(19)20/h3-11,16-17H,1-2H3. The van der Waals surface area contributed by atoms with Gasteiger partial charge in [-0.05, 0) is 31.7 Å². The van der Waals surface area contributed by atoms with Crippen LogP contribution in [-0.2, 0) is 10.0 Å². The van der Waals surface area contributed by atoms with Gasteiger partial charge in [0.1, 0.15) is 5.69 Å². The first kappa shape index (κ1) is 16.9. The van der Waals surface area contributed by atoms with Gasteiger partial charge < -0.3 is 5.32 Å². The van der Waals surface area contributed by atoms with Crippen molar-refractivity contribution in [2.24, 2.45) is 0 Å². The highest BCUT2D eigenvalue weighted by Crippen LogP contribution is 2.30. The summed E-state index contributed by atoms with van der Waals surface area (Å²) >= 11 is 0. The van der Waals surface area contributed by atoms with Gasteiger partial charge in [-0.25, -0.2) is 13.1 Å². The number of nitro benzene ring substituents is 1. The van der Waals surface area contributed by atoms with Gasteiger partial charge in [-0.1, -0.05) is 30.3 Å². The Hall–Kier alpha value is -2.45. The number of nitrogens with zero attached hydrogens (tertiary/aromatic N) is 1. The second-order valence-corrected chi connectivity index (χ2v) is 6.81. The molecular formula is C15H17N3O4S. The molecule has 0 aliphatic carbocycles. The van der Waals surface area contributed by atoms with Crippen molar-refractivity contribution in [3.63, 3.8) is 0 Å². The van der Waals surface area contributed by atoms with Crippen molar-refractivity contribution in [3.05, 3.63) is 64.2 Å². The predicted molar refractivity (Wildman–Crippen MR) is 87.8 cm³/mol. The molecule has 0 saturated carbocycles. The third-order valence-electron chi connectivity index (χ3n) is 3.42. The number of anilines is 1. The van der Waals surface area contributed by atoms with Gasteiger partial charge >= 0.3 is 0 Å². The van der Waals surface area contributed by atoms with Crippen molar-refractivity contribution in [2.45, 2.75) is 17.9 Å². The Morgan fingerprint density at radius 1 is 1.13 bits per heavy atom. The Morgan fingerprint density at radius 3 is 2.35 bits per heavy atom. The van der Waals surface area contributed by atoms with Crippen LogP contribution in [0.1, 0.15) is 18.5 Å². The van der Waals surface area contributed by atoms with E-state index < -0.39 is 14.9 Å². The van der Waals surface area contributed by atoms with E-state index in [9.17, 15) is 18.5 Å². The van der Waals surface area contributed by atoms with Crippen LogP contribution < -0.4 is 10.0 Å². The van der Waals surface area contributed by atoms with Crippen molar-refractivity contribution in [3.8, 4) is 0 Å². The summed E-state index contributed by atoms with van der Waals surface area (Å²) in [6.07, 6.45) is 0. The average Bonchev–Trinajstić information content (AvgIpc) is 2.55. The number of nitrogens with one attached hydrogen (secondary N) is 2. The Morgan fingerprint density at radius 2 is 1.78 bits per heavy atom. The van der Waals surface area contributed by atoms with E-state index >= 15 is 0 Å². The maximum Gasteiger partial charge on any atom is 0.293 e. The highest BCUT2D eigenvalue weighted by Gasteiger charge is 2.21. The first-order valence-electron chi connectivity index (χ1n) is 6.88. The SMILES string of the molecule is CNS(=O)(=O)c1ccc(NC(C)c2ccccc2)c([N+](=O)[O-])c1. The van der Waals surface area contributed by atoms with Crippen molar-refractivity contribution in [1.29, 1.82) is 0 Å². The van der Waals surface area contributed by atoms with Gasteiger partial charge in [0.05, 0.1) is 9.82 Å². The highest BCUT2D eigenvalue weighted by molar-refractivity contribution is 7.89. The van der Waals surface area contributed by atoms with Crippen molar-refractivity contribution in [2.75, 3.05) is 12.4 Å². The van der Waals surface area contributed by atoms with E-state index in [1.165, 1.54) is 19.2 Å². The molecule has 0 spiro atoms. The van der Waals surface area contributed by atoms with E-state index in [0.29, 0.717) is 0 Å². The molecule has 0 radical (unpaired) electrons. The van der Waals surface area contributed by atoms with Gasteiger partial charge in [0, 0.05) is 12.1 Å². The molecule has 0 saturated heterocycles. The van der Waals surface area contributed by atoms with E-state index in [-0.39, 0.29) is 22.3 Å². The Labute approximate surface area is 134 Å². The predicted octanol–water partition coefficient (Wildman–Crippen LogP) is 2.68. The second-order valence-electron chi connectivity index (χ2n) is 4.92. The number of hydrogen-bond donors (Lipinski definition) is 2. The van der Waals surface area contributed by atoms with Crippen LogP contribution in [0.15, 0.2) is 53.4 Å². The van der Waals surface area contributed by atoms with Crippen LogP contribution in [-0.4, -0.2) is 20.4 Å². The third kappa shape index (κ3) is 3.85. The highest BCUT2D eigenvalue weighted by atomic mass is 32.2. The van der Waals surface area contributed by atoms with Crippen molar-refractivity contribution in [1.82, 2.24) is 4.72 Å². The number of rotatable bonds is 6. The van der Waals surface area contributed by atoms with Crippen LogP contribution in [0.25, 0.3) is 0 Å². The molecule has 2 rings (SSSR count). The minimum atomic E-state index is -3.73. The zero-order valence-corrected chi connectivity index (χ0v) is 13.5. The molecule has 23 heavy (non-hydrogen) atoms. The molecule has 0 amide bonds. The molecule has 7 nitrogen and oxygen atoms in total. The molecule has 8 heteroatoms. The minimum Gasteiger partial charge on any atom is -0.373 e. The lowest BCUT2D eigenvalue weighted by molar-refractivity contribution is -0.384. The number of hydrogen-bond acceptors (Lipinski definition) is 5. The topological polar surface area (TPSA) is 101 Å². The van der Waals surface area contributed by atoms with Crippen LogP contribution in [0, 0.1) is 10.1 Å². The summed E-state index contributed by atoms with van der Waals surface area (Å²) in [5.41, 5.74) is 0.944. The fourth-order valence-electron chi connectivity index (χ4n) is 2.13. The molecule has 0 heterocycles. The molecule has 0 bridgehead atoms. The molecule has 1 unspecified atom stereocenters. The van der Waals surface area contributed by atoms with E-state index in [1.807, 2.05) is 37.3 Å². The Bertz CT molecular complexity index is 807. The van der Waals surface area contributed by atoms with Crippen LogP contribution in [0.2, 0.25) is 0 Å². The quantitative estimate of drug-likeness (QED) is 0.624. The monoisotopic (exact) mass is 335 g/mol. The maximum atomic E-state index is 11.8. The van der Waals surface area contributed by atoms with Gasteiger partial charge in [0.15, 0.2) is 0 Å². The van der Waals surface area contributed by atoms with Crippen molar-refractivity contribution >= 4 is 21.4 Å². The summed E-state index contributed by atoms with van der Waals surface area (Å²) in [4.78, 5) is 10.5. The molecule has 0 aliphatic rings. The summed E-state index contributed by atoms with van der Waals surface area (Å²) in [6.45, 7) is 1.87. The van der Waals surface area contributed by atoms with Gasteiger partial charge in [-0.2, -0.15) is 0 Å². The fraction of sp³-hybridized carbons (Fsp3) is 0.200. The molecule has 1 atom stereocenters. The lowest BCUT2D eigenvalue weighted by Crippen LogP contribution is -2.19. The number of sulfonamides is 1. The molecule has 0 fully saturated rings. The lowest BCUT2D eigenvalue weighted by atomic mass is 10.1. The summed E-state index contributed by atoms with van der Waals surface area (Å²) in [6, 6.07) is 13.1. The normalized spacial score (nSPS) is 12.6. The van der Waals surface area contributed by atoms with Crippen LogP contribution in [0.5, 0.6) is 0 Å². The molecular weight excluding hydrogens is 318 g/mol. The number of benzene rings is 2. The number of nitro groups is 1. The Balaban J connectivity index is 2.37. The van der Waals surface area contributed by atoms with E-state index in [2.05, 4.69) is 10.0 Å². The summed E-state index contributed by atoms with van der Waals surface area (Å²) in [5.74, 6) is 0. The van der Waals surface area contributed by atoms with Crippen molar-refractivity contribution < 1.29 is 13.3 Å². The Kier molecular flexibility index (Phi) is 4.97. The van der Waals surface area contributed by atoms with Gasteiger partial charge in [-0.15, -0.1) is 0 Å². The van der Waals surface area contributed by atoms with Gasteiger partial charge in [0.25, 0.3) is 5.69 Å². The molecule has 0 aromatic heterocycles. The zero-order chi connectivity index (χ0) is 17.0. The first-order chi connectivity index (χ1) is 10.8. The molecule has 0 aliphatic heterocycles. The zero-order valence-electron chi connectivity index (χ0n) is 12.7. The van der Waals surface area contributed by atoms with Gasteiger partial charge in [-0.3, -0.25) is 10.1 Å². The smallest absolute Gasteiger partial charge is 0.293 e. The third-order valence-corrected chi connectivity index (χ3v) is 4.83. The second kappa shape index (κ2) is 6.76. The molecule has 2 aromatic rings.